The lowest BCUT2D eigenvalue weighted by molar-refractivity contribution is -0.132. The third kappa shape index (κ3) is 3.71. The maximum absolute atomic E-state index is 12.5. The molecule has 0 heterocycles. The number of aliphatic hydroxyl groups excluding tert-OH is 1. The van der Waals surface area contributed by atoms with Gasteiger partial charge in [0.15, 0.2) is 0 Å². The highest BCUT2D eigenvalue weighted by atomic mass is 16.3. The van der Waals surface area contributed by atoms with Crippen LogP contribution in [0.2, 0.25) is 0 Å². The van der Waals surface area contributed by atoms with E-state index in [4.69, 9.17) is 5.11 Å². The summed E-state index contributed by atoms with van der Waals surface area (Å²) in [6.45, 7) is 8.45. The van der Waals surface area contributed by atoms with Crippen molar-refractivity contribution in [3.63, 3.8) is 0 Å². The molecule has 3 heteroatoms. The zero-order valence-electron chi connectivity index (χ0n) is 12.3. The summed E-state index contributed by atoms with van der Waals surface area (Å²) in [4.78, 5) is 12.5. The predicted molar refractivity (Wildman–Crippen MR) is 74.2 cm³/mol. The fraction of sp³-hybridized carbons (Fsp3) is 0.933. The van der Waals surface area contributed by atoms with Gasteiger partial charge in [0.25, 0.3) is 0 Å². The summed E-state index contributed by atoms with van der Waals surface area (Å²) in [6, 6.07) is 0.0483. The van der Waals surface area contributed by atoms with Gasteiger partial charge in [-0.15, -0.1) is 0 Å². The number of carbonyl (C=O) groups excluding carboxylic acids is 1. The van der Waals surface area contributed by atoms with Crippen molar-refractivity contribution in [1.82, 2.24) is 5.32 Å². The molecule has 1 aliphatic rings. The van der Waals surface area contributed by atoms with Crippen LogP contribution in [0.15, 0.2) is 0 Å². The number of amides is 1. The molecule has 2 unspecified atom stereocenters. The number of carbonyl (C=O) groups is 1. The first-order valence-corrected chi connectivity index (χ1v) is 7.33. The molecule has 106 valence electrons. The van der Waals surface area contributed by atoms with Crippen LogP contribution in [0.3, 0.4) is 0 Å². The van der Waals surface area contributed by atoms with E-state index in [0.717, 1.165) is 19.3 Å². The van der Waals surface area contributed by atoms with E-state index in [1.165, 1.54) is 12.8 Å². The van der Waals surface area contributed by atoms with E-state index in [1.807, 2.05) is 13.8 Å². The average molecular weight is 255 g/mol. The van der Waals surface area contributed by atoms with Crippen LogP contribution in [0, 0.1) is 17.3 Å². The maximum Gasteiger partial charge on any atom is 0.226 e. The Hall–Kier alpha value is -0.570. The van der Waals surface area contributed by atoms with Crippen molar-refractivity contribution < 1.29 is 9.90 Å². The normalized spacial score (nSPS) is 21.9. The molecule has 0 spiro atoms. The topological polar surface area (TPSA) is 49.3 Å². The van der Waals surface area contributed by atoms with Crippen molar-refractivity contribution in [1.29, 1.82) is 0 Å². The van der Waals surface area contributed by atoms with Crippen molar-refractivity contribution in [2.45, 2.75) is 65.8 Å². The Bertz CT molecular complexity index is 270. The van der Waals surface area contributed by atoms with E-state index in [2.05, 4.69) is 19.2 Å². The van der Waals surface area contributed by atoms with Crippen molar-refractivity contribution in [2.24, 2.45) is 17.3 Å². The minimum Gasteiger partial charge on any atom is -0.396 e. The molecular weight excluding hydrogens is 226 g/mol. The second-order valence-electron chi connectivity index (χ2n) is 6.51. The molecule has 18 heavy (non-hydrogen) atoms. The van der Waals surface area contributed by atoms with Crippen LogP contribution in [0.5, 0.6) is 0 Å². The third-order valence-electron chi connectivity index (χ3n) is 4.34. The molecule has 3 nitrogen and oxygen atoms in total. The molecule has 0 bridgehead atoms. The number of rotatable bonds is 6. The minimum absolute atomic E-state index is 0.0483. The molecule has 0 aromatic heterocycles. The van der Waals surface area contributed by atoms with Crippen LogP contribution in [0.4, 0.5) is 0 Å². The van der Waals surface area contributed by atoms with Crippen molar-refractivity contribution in [2.75, 3.05) is 6.61 Å². The molecule has 1 fully saturated rings. The van der Waals surface area contributed by atoms with Gasteiger partial charge in [-0.2, -0.15) is 0 Å². The van der Waals surface area contributed by atoms with Gasteiger partial charge < -0.3 is 10.4 Å². The van der Waals surface area contributed by atoms with Gasteiger partial charge >= 0.3 is 0 Å². The Morgan fingerprint density at radius 3 is 2.22 bits per heavy atom. The van der Waals surface area contributed by atoms with E-state index in [1.54, 1.807) is 0 Å². The lowest BCUT2D eigenvalue weighted by Crippen LogP contribution is -2.46. The number of hydrogen-bond acceptors (Lipinski definition) is 2. The van der Waals surface area contributed by atoms with E-state index in [-0.39, 0.29) is 29.9 Å². The van der Waals surface area contributed by atoms with Crippen molar-refractivity contribution in [3.05, 3.63) is 0 Å². The molecule has 1 amide bonds. The van der Waals surface area contributed by atoms with Crippen molar-refractivity contribution >= 4 is 5.91 Å². The molecule has 2 N–H and O–H groups in total. The highest BCUT2D eigenvalue weighted by molar-refractivity contribution is 5.83. The quantitative estimate of drug-likeness (QED) is 0.766. The van der Waals surface area contributed by atoms with E-state index < -0.39 is 0 Å². The molecule has 1 aliphatic carbocycles. The second kappa shape index (κ2) is 6.55. The Balaban J connectivity index is 2.66. The summed E-state index contributed by atoms with van der Waals surface area (Å²) in [6.07, 6.45) is 5.38. The van der Waals surface area contributed by atoms with Crippen LogP contribution in [0.1, 0.15) is 59.8 Å². The summed E-state index contributed by atoms with van der Waals surface area (Å²) in [5, 5.41) is 12.3. The molecule has 0 saturated heterocycles. The Morgan fingerprint density at radius 2 is 1.78 bits per heavy atom. The number of aliphatic hydroxyl groups is 1. The maximum atomic E-state index is 12.5. The highest BCUT2D eigenvalue weighted by Crippen LogP contribution is 2.43. The monoisotopic (exact) mass is 255 g/mol. The smallest absolute Gasteiger partial charge is 0.226 e. The molecular formula is C15H29NO2. The Labute approximate surface area is 111 Å². The molecule has 0 aliphatic heterocycles. The lowest BCUT2D eigenvalue weighted by atomic mass is 9.77. The van der Waals surface area contributed by atoms with Crippen LogP contribution in [-0.4, -0.2) is 23.7 Å². The largest absolute Gasteiger partial charge is 0.396 e. The van der Waals surface area contributed by atoms with Gasteiger partial charge in [0.1, 0.15) is 0 Å². The van der Waals surface area contributed by atoms with E-state index in [0.29, 0.717) is 5.92 Å². The fourth-order valence-corrected chi connectivity index (χ4v) is 3.02. The third-order valence-corrected chi connectivity index (χ3v) is 4.34. The van der Waals surface area contributed by atoms with Gasteiger partial charge in [-0.1, -0.05) is 33.6 Å². The van der Waals surface area contributed by atoms with Crippen LogP contribution >= 0.6 is 0 Å². The van der Waals surface area contributed by atoms with E-state index in [9.17, 15) is 4.79 Å². The zero-order valence-corrected chi connectivity index (χ0v) is 12.3. The first-order chi connectivity index (χ1) is 8.41. The van der Waals surface area contributed by atoms with Gasteiger partial charge in [-0.25, -0.2) is 0 Å². The van der Waals surface area contributed by atoms with Gasteiger partial charge in [0.2, 0.25) is 5.91 Å². The van der Waals surface area contributed by atoms with Gasteiger partial charge in [-0.05, 0) is 38.0 Å². The molecule has 2 atom stereocenters. The summed E-state index contributed by atoms with van der Waals surface area (Å²) >= 11 is 0. The van der Waals surface area contributed by atoms with Gasteiger partial charge in [0, 0.05) is 18.1 Å². The highest BCUT2D eigenvalue weighted by Gasteiger charge is 2.41. The fourth-order valence-electron chi connectivity index (χ4n) is 3.02. The molecule has 0 aromatic carbocycles. The second-order valence-corrected chi connectivity index (χ2v) is 6.51. The average Bonchev–Trinajstić information content (AvgIpc) is 2.76. The predicted octanol–water partition coefficient (Wildman–Crippen LogP) is 2.73. The number of nitrogens with one attached hydrogen (secondary N) is 1. The van der Waals surface area contributed by atoms with Crippen LogP contribution < -0.4 is 5.32 Å². The minimum atomic E-state index is -0.141. The van der Waals surface area contributed by atoms with Crippen LogP contribution in [-0.2, 0) is 4.79 Å². The van der Waals surface area contributed by atoms with E-state index >= 15 is 0 Å². The standard InChI is InChI=1S/C15H29NO2/c1-11(2)9-15(7-5-6-8-15)14(18)16-13(4)12(3)10-17/h11-13,17H,5-10H2,1-4H3,(H,16,18). The number of hydrogen-bond donors (Lipinski definition) is 2. The summed E-state index contributed by atoms with van der Waals surface area (Å²) in [5.41, 5.74) is -0.141. The molecule has 1 rings (SSSR count). The Morgan fingerprint density at radius 1 is 1.22 bits per heavy atom. The zero-order chi connectivity index (χ0) is 13.8. The molecule has 0 radical (unpaired) electrons. The lowest BCUT2D eigenvalue weighted by Gasteiger charge is -2.32. The van der Waals surface area contributed by atoms with Gasteiger partial charge in [0.05, 0.1) is 0 Å². The summed E-state index contributed by atoms with van der Waals surface area (Å²) < 4.78 is 0. The first-order valence-electron chi connectivity index (χ1n) is 7.33. The van der Waals surface area contributed by atoms with Crippen LogP contribution in [0.25, 0.3) is 0 Å². The van der Waals surface area contributed by atoms with Crippen molar-refractivity contribution in [3.8, 4) is 0 Å². The first kappa shape index (κ1) is 15.5. The molecule has 0 aromatic rings. The SMILES string of the molecule is CC(C)CC1(C(=O)NC(C)C(C)CO)CCCC1. The summed E-state index contributed by atoms with van der Waals surface area (Å²) in [5.74, 6) is 0.882. The van der Waals surface area contributed by atoms with Gasteiger partial charge in [-0.3, -0.25) is 4.79 Å². The molecule has 1 saturated carbocycles. The summed E-state index contributed by atoms with van der Waals surface area (Å²) in [7, 11) is 0. The Kier molecular flexibility index (Phi) is 5.64.